The van der Waals surface area contributed by atoms with Crippen molar-refractivity contribution in [2.75, 3.05) is 46.6 Å². The monoisotopic (exact) mass is 431 g/mol. The van der Waals surface area contributed by atoms with Gasteiger partial charge in [-0.05, 0) is 31.4 Å². The van der Waals surface area contributed by atoms with Crippen LogP contribution in [0.15, 0.2) is 24.3 Å². The summed E-state index contributed by atoms with van der Waals surface area (Å²) in [6, 6.07) is 6.77. The lowest BCUT2D eigenvalue weighted by molar-refractivity contribution is -0.137. The molecule has 0 aliphatic carbocycles. The number of benzene rings is 1. The molecule has 2 aliphatic heterocycles. The predicted octanol–water partition coefficient (Wildman–Crippen LogP) is 0.833. The average Bonchev–Trinajstić information content (AvgIpc) is 3.02. The molecule has 9 nitrogen and oxygen atoms in total. The average molecular weight is 431 g/mol. The summed E-state index contributed by atoms with van der Waals surface area (Å²) >= 11 is 0. The highest BCUT2D eigenvalue weighted by molar-refractivity contribution is 6.21. The molecule has 0 aromatic heterocycles. The maximum atomic E-state index is 12.3. The number of carbonyl (C=O) groups is 4. The summed E-state index contributed by atoms with van der Waals surface area (Å²) in [4.78, 5) is 52.0. The van der Waals surface area contributed by atoms with E-state index in [1.54, 1.807) is 36.3 Å². The van der Waals surface area contributed by atoms with Gasteiger partial charge >= 0.3 is 0 Å². The van der Waals surface area contributed by atoms with Gasteiger partial charge in [-0.2, -0.15) is 0 Å². The van der Waals surface area contributed by atoms with Gasteiger partial charge in [0, 0.05) is 39.2 Å². The molecule has 3 rings (SSSR count). The van der Waals surface area contributed by atoms with Crippen LogP contribution in [-0.2, 0) is 19.1 Å². The number of likely N-dealkylation sites (tertiary alicyclic amines) is 1. The second kappa shape index (κ2) is 11.0. The highest BCUT2D eigenvalue weighted by Crippen LogP contribution is 2.22. The molecule has 1 aromatic rings. The molecule has 0 unspecified atom stereocenters. The molecule has 0 spiro atoms. The molecule has 1 fully saturated rings. The molecule has 1 saturated heterocycles. The van der Waals surface area contributed by atoms with E-state index < -0.39 is 0 Å². The van der Waals surface area contributed by atoms with Gasteiger partial charge < -0.3 is 19.7 Å². The minimum atomic E-state index is -0.302. The third kappa shape index (κ3) is 5.89. The lowest BCUT2D eigenvalue weighted by Gasteiger charge is -2.32. The summed E-state index contributed by atoms with van der Waals surface area (Å²) in [6.07, 6.45) is 2.02. The summed E-state index contributed by atoms with van der Waals surface area (Å²) in [7, 11) is 1.58. The van der Waals surface area contributed by atoms with Crippen LogP contribution in [-0.4, -0.2) is 86.0 Å². The van der Waals surface area contributed by atoms with Crippen molar-refractivity contribution >= 4 is 23.6 Å². The van der Waals surface area contributed by atoms with Crippen molar-refractivity contribution in [1.29, 1.82) is 0 Å². The molecule has 168 valence electrons. The summed E-state index contributed by atoms with van der Waals surface area (Å²) in [5.41, 5.74) is 0.838. The largest absolute Gasteiger partial charge is 0.382 e. The highest BCUT2D eigenvalue weighted by atomic mass is 16.5. The minimum absolute atomic E-state index is 0.0188. The number of carbonyl (C=O) groups excluding carboxylic acids is 4. The number of imide groups is 1. The van der Waals surface area contributed by atoms with E-state index in [2.05, 4.69) is 5.32 Å². The molecule has 0 atom stereocenters. The molecule has 0 bridgehead atoms. The first-order chi connectivity index (χ1) is 15.0. The van der Waals surface area contributed by atoms with Crippen molar-refractivity contribution in [3.8, 4) is 0 Å². The van der Waals surface area contributed by atoms with Crippen LogP contribution in [0.5, 0.6) is 0 Å². The van der Waals surface area contributed by atoms with Crippen molar-refractivity contribution in [3.05, 3.63) is 35.4 Å². The van der Waals surface area contributed by atoms with Crippen molar-refractivity contribution in [2.45, 2.75) is 31.7 Å². The molecule has 0 saturated carbocycles. The van der Waals surface area contributed by atoms with E-state index in [0.717, 1.165) is 0 Å². The summed E-state index contributed by atoms with van der Waals surface area (Å²) in [5, 5.41) is 2.99. The van der Waals surface area contributed by atoms with E-state index in [1.165, 1.54) is 4.90 Å². The van der Waals surface area contributed by atoms with Crippen LogP contribution in [0.25, 0.3) is 0 Å². The quantitative estimate of drug-likeness (QED) is 0.435. The Bertz CT molecular complexity index is 784. The van der Waals surface area contributed by atoms with Crippen molar-refractivity contribution in [3.63, 3.8) is 0 Å². The number of methoxy groups -OCH3 is 1. The number of nitrogens with zero attached hydrogens (tertiary/aromatic N) is 2. The molecule has 1 aromatic carbocycles. The molecule has 0 radical (unpaired) electrons. The fourth-order valence-electron chi connectivity index (χ4n) is 3.81. The van der Waals surface area contributed by atoms with Crippen LogP contribution in [0.4, 0.5) is 0 Å². The number of nitrogens with one attached hydrogen (secondary N) is 1. The van der Waals surface area contributed by atoms with E-state index in [1.807, 2.05) is 0 Å². The van der Waals surface area contributed by atoms with Crippen molar-refractivity contribution in [1.82, 2.24) is 15.1 Å². The summed E-state index contributed by atoms with van der Waals surface area (Å²) < 4.78 is 10.1. The number of ether oxygens (including phenoxy) is 2. The fraction of sp³-hybridized carbons (Fsp3) is 0.545. The Balaban J connectivity index is 1.33. The molecule has 9 heteroatoms. The fourth-order valence-corrected chi connectivity index (χ4v) is 3.81. The van der Waals surface area contributed by atoms with Gasteiger partial charge in [0.05, 0.1) is 24.3 Å². The number of hydrogen-bond acceptors (Lipinski definition) is 6. The third-order valence-electron chi connectivity index (χ3n) is 5.53. The Morgan fingerprint density at radius 2 is 1.71 bits per heavy atom. The zero-order valence-corrected chi connectivity index (χ0v) is 17.8. The van der Waals surface area contributed by atoms with Crippen LogP contribution < -0.4 is 5.32 Å². The van der Waals surface area contributed by atoms with Crippen LogP contribution in [0, 0.1) is 0 Å². The maximum Gasteiger partial charge on any atom is 0.261 e. The smallest absolute Gasteiger partial charge is 0.261 e. The van der Waals surface area contributed by atoms with E-state index in [-0.39, 0.29) is 49.2 Å². The number of piperidine rings is 1. The lowest BCUT2D eigenvalue weighted by atomic mass is 10.0. The van der Waals surface area contributed by atoms with E-state index in [4.69, 9.17) is 9.47 Å². The maximum absolute atomic E-state index is 12.3. The van der Waals surface area contributed by atoms with Crippen molar-refractivity contribution < 1.29 is 28.7 Å². The molecule has 31 heavy (non-hydrogen) atoms. The standard InChI is InChI=1S/C22H29N3O6/c1-30-13-14-31-15-20(27)24-11-8-16(9-12-24)23-19(26)7-4-10-25-21(28)17-5-2-3-6-18(17)22(25)29/h2-3,5-6,16H,4,7-15H2,1H3,(H,23,26). The Kier molecular flexibility index (Phi) is 8.13. The van der Waals surface area contributed by atoms with E-state index in [9.17, 15) is 19.2 Å². The Labute approximate surface area is 181 Å². The normalized spacial score (nSPS) is 16.5. The molecular weight excluding hydrogens is 402 g/mol. The number of amides is 4. The third-order valence-corrected chi connectivity index (χ3v) is 5.53. The second-order valence-corrected chi connectivity index (χ2v) is 7.68. The zero-order chi connectivity index (χ0) is 22.2. The van der Waals surface area contributed by atoms with Crippen LogP contribution in [0.1, 0.15) is 46.4 Å². The number of fused-ring (bicyclic) bond motifs is 1. The summed E-state index contributed by atoms with van der Waals surface area (Å²) in [5.74, 6) is -0.764. The van der Waals surface area contributed by atoms with Gasteiger partial charge in [0.1, 0.15) is 6.61 Å². The Hall–Kier alpha value is -2.78. The molecular formula is C22H29N3O6. The van der Waals surface area contributed by atoms with Crippen LogP contribution >= 0.6 is 0 Å². The van der Waals surface area contributed by atoms with Crippen LogP contribution in [0.3, 0.4) is 0 Å². The molecule has 2 aliphatic rings. The second-order valence-electron chi connectivity index (χ2n) is 7.68. The first-order valence-electron chi connectivity index (χ1n) is 10.6. The topological polar surface area (TPSA) is 105 Å². The zero-order valence-electron chi connectivity index (χ0n) is 17.8. The van der Waals surface area contributed by atoms with E-state index in [0.29, 0.717) is 56.7 Å². The van der Waals surface area contributed by atoms with Gasteiger partial charge in [0.15, 0.2) is 0 Å². The van der Waals surface area contributed by atoms with Crippen LogP contribution in [0.2, 0.25) is 0 Å². The van der Waals surface area contributed by atoms with Gasteiger partial charge in [-0.1, -0.05) is 12.1 Å². The molecule has 1 N–H and O–H groups in total. The number of rotatable bonds is 10. The summed E-state index contributed by atoms with van der Waals surface area (Å²) in [6.45, 7) is 2.25. The van der Waals surface area contributed by atoms with Gasteiger partial charge in [0.2, 0.25) is 11.8 Å². The SMILES string of the molecule is COCCOCC(=O)N1CCC(NC(=O)CCCN2C(=O)c3ccccc3C2=O)CC1. The Morgan fingerprint density at radius 1 is 1.06 bits per heavy atom. The van der Waals surface area contributed by atoms with E-state index >= 15 is 0 Å². The Morgan fingerprint density at radius 3 is 2.32 bits per heavy atom. The van der Waals surface area contributed by atoms with Gasteiger partial charge in [-0.15, -0.1) is 0 Å². The van der Waals surface area contributed by atoms with Gasteiger partial charge in [-0.3, -0.25) is 24.1 Å². The number of hydrogen-bond donors (Lipinski definition) is 1. The lowest BCUT2D eigenvalue weighted by Crippen LogP contribution is -2.47. The minimum Gasteiger partial charge on any atom is -0.382 e. The van der Waals surface area contributed by atoms with Gasteiger partial charge in [0.25, 0.3) is 11.8 Å². The highest BCUT2D eigenvalue weighted by Gasteiger charge is 2.34. The van der Waals surface area contributed by atoms with Gasteiger partial charge in [-0.25, -0.2) is 0 Å². The predicted molar refractivity (Wildman–Crippen MR) is 111 cm³/mol. The molecule has 2 heterocycles. The first-order valence-corrected chi connectivity index (χ1v) is 10.6. The first kappa shape index (κ1) is 22.9. The van der Waals surface area contributed by atoms with Crippen molar-refractivity contribution in [2.24, 2.45) is 0 Å². The molecule has 4 amide bonds.